The van der Waals surface area contributed by atoms with E-state index in [9.17, 15) is 4.79 Å². The third-order valence-electron chi connectivity index (χ3n) is 3.00. The quantitative estimate of drug-likeness (QED) is 0.864. The summed E-state index contributed by atoms with van der Waals surface area (Å²) in [6, 6.07) is 5.54. The van der Waals surface area contributed by atoms with Gasteiger partial charge in [0.25, 0.3) is 5.91 Å². The third kappa shape index (κ3) is 2.86. The number of nitrogens with one attached hydrogen (secondary N) is 1. The molecule has 108 valence electrons. The fourth-order valence-electron chi connectivity index (χ4n) is 1.99. The van der Waals surface area contributed by atoms with Crippen LogP contribution in [0, 0.1) is 0 Å². The van der Waals surface area contributed by atoms with Crippen LogP contribution in [-0.2, 0) is 6.54 Å². The second-order valence-corrected chi connectivity index (χ2v) is 4.45. The van der Waals surface area contributed by atoms with Crippen molar-refractivity contribution in [2.75, 3.05) is 18.9 Å². The molecule has 1 aromatic heterocycles. The van der Waals surface area contributed by atoms with Crippen LogP contribution >= 0.6 is 0 Å². The number of aromatic nitrogens is 2. The molecule has 7 heteroatoms. The maximum absolute atomic E-state index is 12.0. The minimum absolute atomic E-state index is 0.108. The molecule has 0 spiro atoms. The zero-order valence-electron chi connectivity index (χ0n) is 11.2. The Labute approximate surface area is 121 Å². The second kappa shape index (κ2) is 5.66. The molecule has 0 radical (unpaired) electrons. The molecular formula is C14H14N4O3. The maximum Gasteiger partial charge on any atom is 0.273 e. The predicted molar refractivity (Wildman–Crippen MR) is 75.0 cm³/mol. The number of hydrogen-bond donors (Lipinski definition) is 2. The molecular weight excluding hydrogens is 272 g/mol. The summed E-state index contributed by atoms with van der Waals surface area (Å²) >= 11 is 0. The lowest BCUT2D eigenvalue weighted by molar-refractivity contribution is 0.0946. The van der Waals surface area contributed by atoms with Gasteiger partial charge in [0, 0.05) is 18.9 Å². The Morgan fingerprint density at radius 1 is 1.19 bits per heavy atom. The van der Waals surface area contributed by atoms with E-state index < -0.39 is 0 Å². The summed E-state index contributed by atoms with van der Waals surface area (Å²) in [5.74, 6) is 1.15. The molecule has 2 aromatic rings. The van der Waals surface area contributed by atoms with Crippen LogP contribution in [0.1, 0.15) is 16.1 Å². The Morgan fingerprint density at radius 3 is 2.76 bits per heavy atom. The van der Waals surface area contributed by atoms with Gasteiger partial charge in [-0.15, -0.1) is 0 Å². The van der Waals surface area contributed by atoms with Crippen molar-refractivity contribution in [2.45, 2.75) is 6.54 Å². The first-order valence-electron chi connectivity index (χ1n) is 6.47. The Morgan fingerprint density at radius 2 is 1.95 bits per heavy atom. The number of rotatable bonds is 3. The summed E-state index contributed by atoms with van der Waals surface area (Å²) in [6.07, 6.45) is 2.86. The van der Waals surface area contributed by atoms with Crippen molar-refractivity contribution < 1.29 is 14.3 Å². The zero-order valence-corrected chi connectivity index (χ0v) is 11.2. The van der Waals surface area contributed by atoms with Gasteiger partial charge in [-0.2, -0.15) is 0 Å². The average molecular weight is 286 g/mol. The fraction of sp³-hybridized carbons (Fsp3) is 0.214. The van der Waals surface area contributed by atoms with Gasteiger partial charge in [-0.05, 0) is 17.7 Å². The molecule has 3 N–H and O–H groups in total. The molecule has 0 aliphatic carbocycles. The van der Waals surface area contributed by atoms with Crippen molar-refractivity contribution >= 4 is 11.7 Å². The number of nitrogen functional groups attached to an aromatic ring is 1. The lowest BCUT2D eigenvalue weighted by Gasteiger charge is -2.18. The Balaban J connectivity index is 1.68. The smallest absolute Gasteiger partial charge is 0.273 e. The number of nitrogens with two attached hydrogens (primary N) is 1. The van der Waals surface area contributed by atoms with Gasteiger partial charge in [0.15, 0.2) is 23.0 Å². The number of anilines is 1. The summed E-state index contributed by atoms with van der Waals surface area (Å²) in [5.41, 5.74) is 6.63. The Hall–Kier alpha value is -2.83. The molecule has 1 aliphatic heterocycles. The van der Waals surface area contributed by atoms with Crippen LogP contribution in [0.2, 0.25) is 0 Å². The van der Waals surface area contributed by atoms with E-state index in [2.05, 4.69) is 15.3 Å². The minimum atomic E-state index is -0.365. The molecule has 1 aromatic carbocycles. The molecule has 1 amide bonds. The number of hydrogen-bond acceptors (Lipinski definition) is 6. The van der Waals surface area contributed by atoms with Crippen molar-refractivity contribution in [3.8, 4) is 11.5 Å². The van der Waals surface area contributed by atoms with Gasteiger partial charge >= 0.3 is 0 Å². The van der Waals surface area contributed by atoms with Gasteiger partial charge in [-0.25, -0.2) is 9.97 Å². The first kappa shape index (κ1) is 13.2. The highest BCUT2D eigenvalue weighted by molar-refractivity contribution is 5.96. The van der Waals surface area contributed by atoms with Gasteiger partial charge in [0.05, 0.1) is 0 Å². The van der Waals surface area contributed by atoms with Crippen LogP contribution in [0.15, 0.2) is 30.6 Å². The van der Waals surface area contributed by atoms with Crippen LogP contribution in [0.5, 0.6) is 11.5 Å². The van der Waals surface area contributed by atoms with E-state index >= 15 is 0 Å². The molecule has 0 fully saturated rings. The van der Waals surface area contributed by atoms with Crippen LogP contribution in [-0.4, -0.2) is 29.1 Å². The molecule has 7 nitrogen and oxygen atoms in total. The number of ether oxygens (including phenoxy) is 2. The van der Waals surface area contributed by atoms with Crippen molar-refractivity contribution in [3.63, 3.8) is 0 Å². The molecule has 0 atom stereocenters. The van der Waals surface area contributed by atoms with Gasteiger partial charge < -0.3 is 20.5 Å². The first-order chi connectivity index (χ1) is 10.2. The highest BCUT2D eigenvalue weighted by atomic mass is 16.6. The van der Waals surface area contributed by atoms with Crippen molar-refractivity contribution in [3.05, 3.63) is 41.9 Å². The SMILES string of the molecule is Nc1nccnc1C(=O)NCc1ccc2c(c1)OCCO2. The lowest BCUT2D eigenvalue weighted by Crippen LogP contribution is -2.25. The van der Waals surface area contributed by atoms with E-state index in [0.717, 1.165) is 11.3 Å². The number of benzene rings is 1. The summed E-state index contributed by atoms with van der Waals surface area (Å²) in [5, 5.41) is 2.75. The minimum Gasteiger partial charge on any atom is -0.486 e. The van der Waals surface area contributed by atoms with E-state index in [-0.39, 0.29) is 17.4 Å². The Kier molecular flexibility index (Phi) is 3.55. The van der Waals surface area contributed by atoms with Gasteiger partial charge in [-0.1, -0.05) is 6.07 Å². The topological polar surface area (TPSA) is 99.4 Å². The number of nitrogens with zero attached hydrogens (tertiary/aromatic N) is 2. The largest absolute Gasteiger partial charge is 0.486 e. The van der Waals surface area contributed by atoms with Crippen molar-refractivity contribution in [1.29, 1.82) is 0 Å². The predicted octanol–water partition coefficient (Wildman–Crippen LogP) is 0.760. The third-order valence-corrected chi connectivity index (χ3v) is 3.00. The molecule has 2 heterocycles. The van der Waals surface area contributed by atoms with Gasteiger partial charge in [0.2, 0.25) is 0 Å². The molecule has 0 saturated carbocycles. The number of amides is 1. The van der Waals surface area contributed by atoms with Crippen molar-refractivity contribution in [2.24, 2.45) is 0 Å². The molecule has 3 rings (SSSR count). The molecule has 0 bridgehead atoms. The summed E-state index contributed by atoms with van der Waals surface area (Å²) in [6.45, 7) is 1.42. The number of carbonyl (C=O) groups excluding carboxylic acids is 1. The second-order valence-electron chi connectivity index (χ2n) is 4.45. The first-order valence-corrected chi connectivity index (χ1v) is 6.47. The standard InChI is InChI=1S/C14H14N4O3/c15-13-12(16-3-4-17-13)14(19)18-8-9-1-2-10-11(7-9)21-6-5-20-10/h1-4,7H,5-6,8H2,(H2,15,17)(H,18,19). The fourth-order valence-corrected chi connectivity index (χ4v) is 1.99. The van der Waals surface area contributed by atoms with E-state index in [1.807, 2.05) is 18.2 Å². The zero-order chi connectivity index (χ0) is 14.7. The van der Waals surface area contributed by atoms with Crippen LogP contribution in [0.4, 0.5) is 5.82 Å². The average Bonchev–Trinajstić information content (AvgIpc) is 2.53. The monoisotopic (exact) mass is 286 g/mol. The van der Waals surface area contributed by atoms with E-state index in [1.54, 1.807) is 0 Å². The summed E-state index contributed by atoms with van der Waals surface area (Å²) in [7, 11) is 0. The summed E-state index contributed by atoms with van der Waals surface area (Å²) in [4.78, 5) is 19.7. The summed E-state index contributed by atoms with van der Waals surface area (Å²) < 4.78 is 10.9. The highest BCUT2D eigenvalue weighted by Gasteiger charge is 2.14. The highest BCUT2D eigenvalue weighted by Crippen LogP contribution is 2.30. The number of carbonyl (C=O) groups is 1. The van der Waals surface area contributed by atoms with Crippen LogP contribution in [0.3, 0.4) is 0 Å². The van der Waals surface area contributed by atoms with E-state index in [0.29, 0.717) is 25.5 Å². The number of fused-ring (bicyclic) bond motifs is 1. The van der Waals surface area contributed by atoms with Gasteiger partial charge in [0.1, 0.15) is 13.2 Å². The van der Waals surface area contributed by atoms with Crippen LogP contribution in [0.25, 0.3) is 0 Å². The molecule has 0 saturated heterocycles. The van der Waals surface area contributed by atoms with Crippen LogP contribution < -0.4 is 20.5 Å². The molecule has 0 unspecified atom stereocenters. The van der Waals surface area contributed by atoms with E-state index in [1.165, 1.54) is 12.4 Å². The normalized spacial score (nSPS) is 12.8. The lowest BCUT2D eigenvalue weighted by atomic mass is 10.2. The molecule has 21 heavy (non-hydrogen) atoms. The van der Waals surface area contributed by atoms with Gasteiger partial charge in [-0.3, -0.25) is 4.79 Å². The van der Waals surface area contributed by atoms with E-state index in [4.69, 9.17) is 15.2 Å². The molecule has 1 aliphatic rings. The Bertz CT molecular complexity index is 675. The van der Waals surface area contributed by atoms with Crippen molar-refractivity contribution in [1.82, 2.24) is 15.3 Å². The maximum atomic E-state index is 12.0.